The van der Waals surface area contributed by atoms with E-state index in [0.717, 1.165) is 43.2 Å². The predicted molar refractivity (Wildman–Crippen MR) is 110 cm³/mol. The molecule has 0 bridgehead atoms. The largest absolute Gasteiger partial charge is 0.492 e. The van der Waals surface area contributed by atoms with Gasteiger partial charge in [0.05, 0.1) is 24.5 Å². The molecule has 3 aromatic rings. The van der Waals surface area contributed by atoms with Crippen LogP contribution in [-0.2, 0) is 6.67 Å². The van der Waals surface area contributed by atoms with Crippen molar-refractivity contribution < 1.29 is 9.15 Å². The Kier molecular flexibility index (Phi) is 5.68. The summed E-state index contributed by atoms with van der Waals surface area (Å²) in [6.07, 6.45) is 3.44. The van der Waals surface area contributed by atoms with Gasteiger partial charge in [-0.2, -0.15) is 0 Å². The topological polar surface area (TPSA) is 59.6 Å². The van der Waals surface area contributed by atoms with Gasteiger partial charge in [-0.1, -0.05) is 12.1 Å². The fourth-order valence-corrected chi connectivity index (χ4v) is 3.49. The Morgan fingerprint density at radius 1 is 1.11 bits per heavy atom. The highest BCUT2D eigenvalue weighted by Gasteiger charge is 2.21. The highest BCUT2D eigenvalue weighted by Crippen LogP contribution is 2.29. The van der Waals surface area contributed by atoms with Crippen molar-refractivity contribution in [2.45, 2.75) is 13.6 Å². The van der Waals surface area contributed by atoms with E-state index in [4.69, 9.17) is 21.4 Å². The lowest BCUT2D eigenvalue weighted by molar-refractivity contribution is 0.191. The standard InChI is InChI=1S/C20H23N5O2S/c1-2-26-18-8-4-3-7-17(18)24-12-10-23(11-13-24)15-25-20(28)27-19(22-25)16-6-5-9-21-14-16/h3-9,14H,2,10-13,15H2,1H3. The number of para-hydroxylation sites is 2. The lowest BCUT2D eigenvalue weighted by Gasteiger charge is -2.36. The Balaban J connectivity index is 1.40. The first kappa shape index (κ1) is 18.6. The van der Waals surface area contributed by atoms with Crippen molar-refractivity contribution in [3.05, 3.63) is 53.6 Å². The van der Waals surface area contributed by atoms with E-state index in [9.17, 15) is 0 Å². The molecule has 0 unspecified atom stereocenters. The zero-order chi connectivity index (χ0) is 19.3. The Bertz CT molecular complexity index is 964. The van der Waals surface area contributed by atoms with Crippen LogP contribution in [0, 0.1) is 4.84 Å². The average molecular weight is 398 g/mol. The van der Waals surface area contributed by atoms with Gasteiger partial charge >= 0.3 is 0 Å². The smallest absolute Gasteiger partial charge is 0.288 e. The summed E-state index contributed by atoms with van der Waals surface area (Å²) in [5, 5.41) is 4.52. The molecule has 1 aliphatic rings. The number of nitrogens with zero attached hydrogens (tertiary/aromatic N) is 5. The second-order valence-corrected chi connectivity index (χ2v) is 6.91. The van der Waals surface area contributed by atoms with Crippen molar-refractivity contribution >= 4 is 17.9 Å². The molecule has 0 radical (unpaired) electrons. The van der Waals surface area contributed by atoms with Crippen LogP contribution in [-0.4, -0.2) is 52.5 Å². The van der Waals surface area contributed by atoms with Crippen molar-refractivity contribution in [1.29, 1.82) is 0 Å². The van der Waals surface area contributed by atoms with Crippen molar-refractivity contribution in [2.24, 2.45) is 0 Å². The van der Waals surface area contributed by atoms with Crippen LogP contribution in [0.25, 0.3) is 11.5 Å². The first-order chi connectivity index (χ1) is 13.7. The summed E-state index contributed by atoms with van der Waals surface area (Å²) in [7, 11) is 0. The van der Waals surface area contributed by atoms with Crippen LogP contribution in [0.3, 0.4) is 0 Å². The molecule has 8 heteroatoms. The number of hydrogen-bond acceptors (Lipinski definition) is 7. The average Bonchev–Trinajstić information content (AvgIpc) is 3.10. The number of aromatic nitrogens is 3. The molecule has 0 amide bonds. The van der Waals surface area contributed by atoms with E-state index in [1.54, 1.807) is 17.1 Å². The van der Waals surface area contributed by atoms with Gasteiger partial charge in [0, 0.05) is 38.6 Å². The number of rotatable bonds is 6. The van der Waals surface area contributed by atoms with Crippen LogP contribution in [0.4, 0.5) is 5.69 Å². The van der Waals surface area contributed by atoms with Gasteiger partial charge in [0.25, 0.3) is 4.84 Å². The van der Waals surface area contributed by atoms with E-state index in [-0.39, 0.29) is 0 Å². The fraction of sp³-hybridized carbons (Fsp3) is 0.350. The fourth-order valence-electron chi connectivity index (χ4n) is 3.32. The van der Waals surface area contributed by atoms with E-state index >= 15 is 0 Å². The molecule has 0 aliphatic carbocycles. The van der Waals surface area contributed by atoms with E-state index in [2.05, 4.69) is 32.0 Å². The summed E-state index contributed by atoms with van der Waals surface area (Å²) in [5.41, 5.74) is 1.98. The summed E-state index contributed by atoms with van der Waals surface area (Å²) in [6.45, 7) is 6.96. The van der Waals surface area contributed by atoms with E-state index in [1.807, 2.05) is 31.2 Å². The molecule has 3 heterocycles. The van der Waals surface area contributed by atoms with Gasteiger partial charge in [-0.15, -0.1) is 5.10 Å². The van der Waals surface area contributed by atoms with Gasteiger partial charge in [0.1, 0.15) is 5.75 Å². The van der Waals surface area contributed by atoms with Crippen molar-refractivity contribution in [3.8, 4) is 17.2 Å². The number of ether oxygens (including phenoxy) is 1. The van der Waals surface area contributed by atoms with E-state index < -0.39 is 0 Å². The van der Waals surface area contributed by atoms with Gasteiger partial charge in [-0.25, -0.2) is 4.68 Å². The molecule has 1 saturated heterocycles. The lowest BCUT2D eigenvalue weighted by Crippen LogP contribution is -2.47. The zero-order valence-corrected chi connectivity index (χ0v) is 16.6. The maximum Gasteiger partial charge on any atom is 0.288 e. The van der Waals surface area contributed by atoms with Crippen LogP contribution in [0.2, 0.25) is 0 Å². The zero-order valence-electron chi connectivity index (χ0n) is 15.8. The summed E-state index contributed by atoms with van der Waals surface area (Å²) < 4.78 is 13.2. The second-order valence-electron chi connectivity index (χ2n) is 6.56. The molecule has 0 spiro atoms. The number of pyridine rings is 1. The highest BCUT2D eigenvalue weighted by molar-refractivity contribution is 7.71. The molecule has 4 rings (SSSR count). The maximum absolute atomic E-state index is 5.77. The van der Waals surface area contributed by atoms with Crippen LogP contribution < -0.4 is 9.64 Å². The molecule has 28 heavy (non-hydrogen) atoms. The Morgan fingerprint density at radius 2 is 1.93 bits per heavy atom. The summed E-state index contributed by atoms with van der Waals surface area (Å²) >= 11 is 5.35. The predicted octanol–water partition coefficient (Wildman–Crippen LogP) is 3.45. The van der Waals surface area contributed by atoms with Crippen LogP contribution in [0.5, 0.6) is 5.75 Å². The monoisotopic (exact) mass is 397 g/mol. The SMILES string of the molecule is CCOc1ccccc1N1CCN(Cn2nc(-c3cccnc3)oc2=S)CC1. The summed E-state index contributed by atoms with van der Waals surface area (Å²) in [5.74, 6) is 1.45. The Labute approximate surface area is 169 Å². The van der Waals surface area contributed by atoms with Gasteiger partial charge in [-0.05, 0) is 43.4 Å². The molecule has 1 aromatic carbocycles. The minimum Gasteiger partial charge on any atom is -0.492 e. The second kappa shape index (κ2) is 8.53. The molecular weight excluding hydrogens is 374 g/mol. The van der Waals surface area contributed by atoms with Gasteiger partial charge < -0.3 is 14.1 Å². The third-order valence-electron chi connectivity index (χ3n) is 4.73. The van der Waals surface area contributed by atoms with Gasteiger partial charge in [-0.3, -0.25) is 9.88 Å². The molecular formula is C20H23N5O2S. The molecule has 1 aliphatic heterocycles. The van der Waals surface area contributed by atoms with Crippen molar-refractivity contribution in [3.63, 3.8) is 0 Å². The lowest BCUT2D eigenvalue weighted by atomic mass is 10.2. The number of piperazine rings is 1. The van der Waals surface area contributed by atoms with Crippen molar-refractivity contribution in [2.75, 3.05) is 37.7 Å². The van der Waals surface area contributed by atoms with Gasteiger partial charge in [0.15, 0.2) is 0 Å². The normalized spacial score (nSPS) is 15.0. The number of anilines is 1. The van der Waals surface area contributed by atoms with Gasteiger partial charge in [0.2, 0.25) is 5.89 Å². The first-order valence-corrected chi connectivity index (χ1v) is 9.83. The van der Waals surface area contributed by atoms with Crippen molar-refractivity contribution in [1.82, 2.24) is 19.7 Å². The van der Waals surface area contributed by atoms with Crippen LogP contribution >= 0.6 is 12.2 Å². The highest BCUT2D eigenvalue weighted by atomic mass is 32.1. The molecule has 0 atom stereocenters. The minimum atomic E-state index is 0.378. The third-order valence-corrected chi connectivity index (χ3v) is 5.02. The minimum absolute atomic E-state index is 0.378. The summed E-state index contributed by atoms with van der Waals surface area (Å²) in [4.78, 5) is 9.17. The Morgan fingerprint density at radius 3 is 2.68 bits per heavy atom. The molecule has 146 valence electrons. The molecule has 7 nitrogen and oxygen atoms in total. The number of hydrogen-bond donors (Lipinski definition) is 0. The van der Waals surface area contributed by atoms with E-state index in [0.29, 0.717) is 24.0 Å². The Hall–Kier alpha value is -2.71. The quantitative estimate of drug-likeness (QED) is 0.591. The van der Waals surface area contributed by atoms with Crippen LogP contribution in [0.15, 0.2) is 53.2 Å². The maximum atomic E-state index is 5.77. The van der Waals surface area contributed by atoms with Crippen LogP contribution in [0.1, 0.15) is 6.92 Å². The molecule has 0 saturated carbocycles. The molecule has 1 fully saturated rings. The van der Waals surface area contributed by atoms with E-state index in [1.165, 1.54) is 0 Å². The molecule has 2 aromatic heterocycles. The molecule has 0 N–H and O–H groups in total. The summed E-state index contributed by atoms with van der Waals surface area (Å²) in [6, 6.07) is 12.0. The number of benzene rings is 1. The first-order valence-electron chi connectivity index (χ1n) is 9.42. The third kappa shape index (κ3) is 4.07.